The van der Waals surface area contributed by atoms with Gasteiger partial charge in [-0.15, -0.1) is 0 Å². The van der Waals surface area contributed by atoms with Gasteiger partial charge in [-0.2, -0.15) is 0 Å². The number of rotatable bonds is 3. The van der Waals surface area contributed by atoms with Crippen molar-refractivity contribution in [2.24, 2.45) is 0 Å². The number of benzene rings is 1. The summed E-state index contributed by atoms with van der Waals surface area (Å²) in [6.07, 6.45) is 1.53. The van der Waals surface area contributed by atoms with Crippen LogP contribution in [0.2, 0.25) is 0 Å². The molecule has 0 spiro atoms. The Morgan fingerprint density at radius 1 is 1.25 bits per heavy atom. The standard InChI is InChI=1S/C10H12O2/c11-7-6-10(8-12)9-4-2-1-3-5-9/h1-5,8,11-12H,6-7H2. The van der Waals surface area contributed by atoms with Crippen molar-refractivity contribution in [1.82, 2.24) is 0 Å². The summed E-state index contributed by atoms with van der Waals surface area (Å²) in [5.41, 5.74) is 1.71. The van der Waals surface area contributed by atoms with Gasteiger partial charge in [0, 0.05) is 6.61 Å². The zero-order valence-corrected chi connectivity index (χ0v) is 6.77. The minimum atomic E-state index is 0.0568. The Labute approximate surface area is 71.8 Å². The quantitative estimate of drug-likeness (QED) is 0.670. The lowest BCUT2D eigenvalue weighted by molar-refractivity contribution is 0.304. The van der Waals surface area contributed by atoms with Crippen LogP contribution >= 0.6 is 0 Å². The lowest BCUT2D eigenvalue weighted by Gasteiger charge is -2.02. The molecule has 0 radical (unpaired) electrons. The third kappa shape index (κ3) is 2.10. The molecule has 0 bridgehead atoms. The molecule has 0 saturated heterocycles. The molecule has 2 heteroatoms. The van der Waals surface area contributed by atoms with Crippen molar-refractivity contribution in [1.29, 1.82) is 0 Å². The first kappa shape index (κ1) is 8.81. The maximum Gasteiger partial charge on any atom is 0.0830 e. The highest BCUT2D eigenvalue weighted by atomic mass is 16.3. The molecule has 0 amide bonds. The van der Waals surface area contributed by atoms with Crippen LogP contribution in [0.25, 0.3) is 5.57 Å². The summed E-state index contributed by atoms with van der Waals surface area (Å²) in [5, 5.41) is 17.5. The average Bonchev–Trinajstić information content (AvgIpc) is 2.15. The first-order valence-corrected chi connectivity index (χ1v) is 3.88. The van der Waals surface area contributed by atoms with Crippen molar-refractivity contribution in [3.63, 3.8) is 0 Å². The number of aliphatic hydroxyl groups excluding tert-OH is 2. The maximum absolute atomic E-state index is 8.84. The largest absolute Gasteiger partial charge is 0.515 e. The summed E-state index contributed by atoms with van der Waals surface area (Å²) in [4.78, 5) is 0. The van der Waals surface area contributed by atoms with Gasteiger partial charge in [-0.1, -0.05) is 30.3 Å². The van der Waals surface area contributed by atoms with Crippen LogP contribution in [0.1, 0.15) is 12.0 Å². The van der Waals surface area contributed by atoms with Gasteiger partial charge in [0.05, 0.1) is 6.26 Å². The monoisotopic (exact) mass is 164 g/mol. The van der Waals surface area contributed by atoms with Gasteiger partial charge < -0.3 is 10.2 Å². The summed E-state index contributed by atoms with van der Waals surface area (Å²) in [5.74, 6) is 0. The molecule has 0 aliphatic heterocycles. The Morgan fingerprint density at radius 2 is 1.92 bits per heavy atom. The van der Waals surface area contributed by atoms with Crippen LogP contribution in [0, 0.1) is 0 Å². The molecule has 1 aromatic rings. The molecule has 0 aromatic heterocycles. The van der Waals surface area contributed by atoms with Crippen LogP contribution in [0.4, 0.5) is 0 Å². The highest BCUT2D eigenvalue weighted by Gasteiger charge is 1.98. The lowest BCUT2D eigenvalue weighted by atomic mass is 10.1. The maximum atomic E-state index is 8.84. The summed E-state index contributed by atoms with van der Waals surface area (Å²) in [6, 6.07) is 9.51. The number of hydrogen-bond acceptors (Lipinski definition) is 2. The predicted molar refractivity (Wildman–Crippen MR) is 48.8 cm³/mol. The first-order chi connectivity index (χ1) is 5.88. The van der Waals surface area contributed by atoms with E-state index in [9.17, 15) is 0 Å². The Balaban J connectivity index is 2.82. The molecule has 0 aliphatic rings. The molecule has 64 valence electrons. The van der Waals surface area contributed by atoms with Crippen molar-refractivity contribution in [3.8, 4) is 0 Å². The van der Waals surface area contributed by atoms with Gasteiger partial charge in [0.15, 0.2) is 0 Å². The van der Waals surface area contributed by atoms with Crippen molar-refractivity contribution in [3.05, 3.63) is 42.2 Å². The van der Waals surface area contributed by atoms with Crippen LogP contribution in [-0.4, -0.2) is 16.8 Å². The minimum Gasteiger partial charge on any atom is -0.515 e. The Bertz CT molecular complexity index is 252. The summed E-state index contributed by atoms with van der Waals surface area (Å²) in [7, 11) is 0. The third-order valence-corrected chi connectivity index (χ3v) is 1.68. The van der Waals surface area contributed by atoms with E-state index in [2.05, 4.69) is 0 Å². The van der Waals surface area contributed by atoms with E-state index >= 15 is 0 Å². The fourth-order valence-electron chi connectivity index (χ4n) is 1.06. The highest BCUT2D eigenvalue weighted by Crippen LogP contribution is 2.15. The molecule has 1 rings (SSSR count). The van der Waals surface area contributed by atoms with Gasteiger partial charge in [-0.25, -0.2) is 0 Å². The minimum absolute atomic E-state index is 0.0568. The van der Waals surface area contributed by atoms with Gasteiger partial charge in [-0.05, 0) is 17.6 Å². The molecule has 1 aromatic carbocycles. The Hall–Kier alpha value is -1.28. The second-order valence-corrected chi connectivity index (χ2v) is 2.49. The summed E-state index contributed by atoms with van der Waals surface area (Å²) in [6.45, 7) is 0.0568. The molecule has 0 unspecified atom stereocenters. The van der Waals surface area contributed by atoms with Crippen LogP contribution in [-0.2, 0) is 0 Å². The molecule has 2 nitrogen and oxygen atoms in total. The fraction of sp³-hybridized carbons (Fsp3) is 0.200. The topological polar surface area (TPSA) is 40.5 Å². The third-order valence-electron chi connectivity index (χ3n) is 1.68. The van der Waals surface area contributed by atoms with E-state index in [0.717, 1.165) is 17.4 Å². The normalized spacial score (nSPS) is 11.6. The van der Waals surface area contributed by atoms with E-state index in [-0.39, 0.29) is 6.61 Å². The van der Waals surface area contributed by atoms with E-state index < -0.39 is 0 Å². The molecule has 0 atom stereocenters. The van der Waals surface area contributed by atoms with Crippen molar-refractivity contribution >= 4 is 5.57 Å². The molecule has 0 aliphatic carbocycles. The summed E-state index contributed by atoms with van der Waals surface area (Å²) < 4.78 is 0. The van der Waals surface area contributed by atoms with E-state index in [1.165, 1.54) is 0 Å². The molecule has 0 fully saturated rings. The van der Waals surface area contributed by atoms with Crippen molar-refractivity contribution in [2.45, 2.75) is 6.42 Å². The molecule has 12 heavy (non-hydrogen) atoms. The lowest BCUT2D eigenvalue weighted by Crippen LogP contribution is -1.88. The van der Waals surface area contributed by atoms with E-state index in [0.29, 0.717) is 6.42 Å². The molecule has 2 N–H and O–H groups in total. The van der Waals surface area contributed by atoms with E-state index in [4.69, 9.17) is 10.2 Å². The van der Waals surface area contributed by atoms with Crippen molar-refractivity contribution < 1.29 is 10.2 Å². The van der Waals surface area contributed by atoms with Crippen molar-refractivity contribution in [2.75, 3.05) is 6.61 Å². The molecular formula is C10H12O2. The van der Waals surface area contributed by atoms with Gasteiger partial charge in [0.2, 0.25) is 0 Å². The predicted octanol–water partition coefficient (Wildman–Crippen LogP) is 1.97. The number of aliphatic hydroxyl groups is 2. The summed E-state index contributed by atoms with van der Waals surface area (Å²) >= 11 is 0. The van der Waals surface area contributed by atoms with Crippen LogP contribution in [0.5, 0.6) is 0 Å². The van der Waals surface area contributed by atoms with Gasteiger partial charge in [0.25, 0.3) is 0 Å². The first-order valence-electron chi connectivity index (χ1n) is 3.88. The van der Waals surface area contributed by atoms with Crippen LogP contribution in [0.3, 0.4) is 0 Å². The van der Waals surface area contributed by atoms with Gasteiger partial charge in [-0.3, -0.25) is 0 Å². The average molecular weight is 164 g/mol. The SMILES string of the molecule is OC=C(CCO)c1ccccc1. The highest BCUT2D eigenvalue weighted by molar-refractivity contribution is 5.64. The van der Waals surface area contributed by atoms with E-state index in [1.54, 1.807) is 0 Å². The van der Waals surface area contributed by atoms with Gasteiger partial charge >= 0.3 is 0 Å². The molecule has 0 heterocycles. The fourth-order valence-corrected chi connectivity index (χ4v) is 1.06. The van der Waals surface area contributed by atoms with Crippen LogP contribution < -0.4 is 0 Å². The van der Waals surface area contributed by atoms with E-state index in [1.807, 2.05) is 30.3 Å². The number of hydrogen-bond donors (Lipinski definition) is 2. The zero-order chi connectivity index (χ0) is 8.81. The second kappa shape index (κ2) is 4.57. The Kier molecular flexibility index (Phi) is 3.35. The smallest absolute Gasteiger partial charge is 0.0830 e. The van der Waals surface area contributed by atoms with Crippen LogP contribution in [0.15, 0.2) is 36.6 Å². The zero-order valence-electron chi connectivity index (χ0n) is 6.77. The Morgan fingerprint density at radius 3 is 2.42 bits per heavy atom. The van der Waals surface area contributed by atoms with Gasteiger partial charge in [0.1, 0.15) is 0 Å². The second-order valence-electron chi connectivity index (χ2n) is 2.49. The molecule has 0 saturated carbocycles. The molecular weight excluding hydrogens is 152 g/mol.